The molecule has 22 heavy (non-hydrogen) atoms. The van der Waals surface area contributed by atoms with E-state index in [1.54, 1.807) is 27.9 Å². The first-order chi connectivity index (χ1) is 10.6. The summed E-state index contributed by atoms with van der Waals surface area (Å²) in [5.74, 6) is -0.263. The standard InChI is InChI=1S/C16H17FN2O2S/c17-13-3-1-11(2-4-13)15(20)12-5-7-19(8-6-12)16(21)14-9-22-10-18-14/h1-4,9-10,12,15,20H,5-8H2. The van der Waals surface area contributed by atoms with E-state index >= 15 is 0 Å². The summed E-state index contributed by atoms with van der Waals surface area (Å²) in [5.41, 5.74) is 2.87. The third-order valence-electron chi connectivity index (χ3n) is 4.14. The molecule has 1 aromatic heterocycles. The second kappa shape index (κ2) is 6.54. The second-order valence-corrected chi connectivity index (χ2v) is 6.22. The third-order valence-corrected chi connectivity index (χ3v) is 4.72. The highest BCUT2D eigenvalue weighted by molar-refractivity contribution is 7.07. The molecule has 1 aliphatic heterocycles. The SMILES string of the molecule is O=C(c1cscn1)N1CCC(C(O)c2ccc(F)cc2)CC1. The summed E-state index contributed by atoms with van der Waals surface area (Å²) in [6, 6.07) is 5.96. The molecule has 3 rings (SSSR count). The van der Waals surface area contributed by atoms with Crippen LogP contribution in [0.15, 0.2) is 35.2 Å². The van der Waals surface area contributed by atoms with Crippen molar-refractivity contribution >= 4 is 17.2 Å². The van der Waals surface area contributed by atoms with Gasteiger partial charge in [-0.2, -0.15) is 0 Å². The summed E-state index contributed by atoms with van der Waals surface area (Å²) in [6.45, 7) is 1.22. The van der Waals surface area contributed by atoms with E-state index in [1.807, 2.05) is 0 Å². The molecule has 1 aliphatic rings. The fourth-order valence-corrected chi connectivity index (χ4v) is 3.36. The number of aliphatic hydroxyl groups excluding tert-OH is 1. The first kappa shape index (κ1) is 15.1. The predicted molar refractivity (Wildman–Crippen MR) is 82.1 cm³/mol. The normalized spacial score (nSPS) is 17.5. The number of benzene rings is 1. The Bertz CT molecular complexity index is 622. The Kier molecular flexibility index (Phi) is 4.49. The number of halogens is 1. The molecule has 2 aromatic rings. The van der Waals surface area contributed by atoms with Gasteiger partial charge in [-0.3, -0.25) is 4.79 Å². The van der Waals surface area contributed by atoms with Crippen LogP contribution in [0.1, 0.15) is 35.0 Å². The van der Waals surface area contributed by atoms with Crippen LogP contribution in [-0.2, 0) is 0 Å². The van der Waals surface area contributed by atoms with Crippen molar-refractivity contribution in [3.63, 3.8) is 0 Å². The van der Waals surface area contributed by atoms with Gasteiger partial charge in [0.25, 0.3) is 5.91 Å². The average molecular weight is 320 g/mol. The number of likely N-dealkylation sites (tertiary alicyclic amines) is 1. The summed E-state index contributed by atoms with van der Waals surface area (Å²) in [6.07, 6.45) is 0.847. The predicted octanol–water partition coefficient (Wildman–Crippen LogP) is 2.87. The summed E-state index contributed by atoms with van der Waals surface area (Å²) in [7, 11) is 0. The summed E-state index contributed by atoms with van der Waals surface area (Å²) >= 11 is 1.41. The molecule has 1 unspecified atom stereocenters. The number of hydrogen-bond acceptors (Lipinski definition) is 4. The van der Waals surface area contributed by atoms with Crippen molar-refractivity contribution in [3.8, 4) is 0 Å². The van der Waals surface area contributed by atoms with Crippen molar-refractivity contribution in [2.75, 3.05) is 13.1 Å². The Morgan fingerprint density at radius 1 is 1.32 bits per heavy atom. The van der Waals surface area contributed by atoms with E-state index in [1.165, 1.54) is 23.5 Å². The van der Waals surface area contributed by atoms with Crippen LogP contribution in [0.3, 0.4) is 0 Å². The topological polar surface area (TPSA) is 53.4 Å². The summed E-state index contributed by atoms with van der Waals surface area (Å²) in [5, 5.41) is 12.2. The number of thiazole rings is 1. The number of carbonyl (C=O) groups excluding carboxylic acids is 1. The minimum absolute atomic E-state index is 0.0454. The molecule has 0 saturated carbocycles. The molecule has 0 bridgehead atoms. The van der Waals surface area contributed by atoms with Gasteiger partial charge in [0.15, 0.2) is 0 Å². The minimum atomic E-state index is -0.614. The van der Waals surface area contributed by atoms with Crippen LogP contribution < -0.4 is 0 Å². The Balaban J connectivity index is 1.59. The smallest absolute Gasteiger partial charge is 0.273 e. The molecule has 1 amide bonds. The molecule has 1 fully saturated rings. The van der Waals surface area contributed by atoms with Gasteiger partial charge in [-0.1, -0.05) is 12.1 Å². The zero-order chi connectivity index (χ0) is 15.5. The molecule has 0 radical (unpaired) electrons. The average Bonchev–Trinajstić information content (AvgIpc) is 3.09. The molecule has 1 atom stereocenters. The van der Waals surface area contributed by atoms with Gasteiger partial charge in [0.2, 0.25) is 0 Å². The monoisotopic (exact) mass is 320 g/mol. The van der Waals surface area contributed by atoms with Crippen LogP contribution in [0, 0.1) is 11.7 Å². The van der Waals surface area contributed by atoms with Crippen molar-refractivity contribution in [1.82, 2.24) is 9.88 Å². The van der Waals surface area contributed by atoms with Crippen LogP contribution in [-0.4, -0.2) is 34.0 Å². The van der Waals surface area contributed by atoms with Crippen molar-refractivity contribution in [2.45, 2.75) is 18.9 Å². The molecule has 0 spiro atoms. The Labute approximate surface area is 132 Å². The zero-order valence-corrected chi connectivity index (χ0v) is 12.8. The van der Waals surface area contributed by atoms with Gasteiger partial charge < -0.3 is 10.0 Å². The Hall–Kier alpha value is -1.79. The van der Waals surface area contributed by atoms with Crippen molar-refractivity contribution in [1.29, 1.82) is 0 Å². The van der Waals surface area contributed by atoms with Gasteiger partial charge in [0.1, 0.15) is 11.5 Å². The van der Waals surface area contributed by atoms with Crippen LogP contribution in [0.4, 0.5) is 4.39 Å². The second-order valence-electron chi connectivity index (χ2n) is 5.50. The summed E-state index contributed by atoms with van der Waals surface area (Å²) < 4.78 is 12.9. The number of aromatic nitrogens is 1. The van der Waals surface area contributed by atoms with E-state index in [4.69, 9.17) is 0 Å². The largest absolute Gasteiger partial charge is 0.388 e. The molecule has 1 saturated heterocycles. The molecule has 1 N–H and O–H groups in total. The highest BCUT2D eigenvalue weighted by Crippen LogP contribution is 2.31. The number of aliphatic hydroxyl groups is 1. The van der Waals surface area contributed by atoms with E-state index in [2.05, 4.69) is 4.98 Å². The van der Waals surface area contributed by atoms with Crippen LogP contribution >= 0.6 is 11.3 Å². The maximum Gasteiger partial charge on any atom is 0.273 e. The van der Waals surface area contributed by atoms with Crippen LogP contribution in [0.5, 0.6) is 0 Å². The van der Waals surface area contributed by atoms with Crippen molar-refractivity contribution in [3.05, 3.63) is 52.2 Å². The first-order valence-electron chi connectivity index (χ1n) is 7.26. The fourth-order valence-electron chi connectivity index (χ4n) is 2.83. The molecule has 1 aromatic carbocycles. The van der Waals surface area contributed by atoms with Gasteiger partial charge in [0, 0.05) is 18.5 Å². The number of carbonyl (C=O) groups is 1. The first-order valence-corrected chi connectivity index (χ1v) is 8.20. The lowest BCUT2D eigenvalue weighted by Gasteiger charge is -2.34. The zero-order valence-electron chi connectivity index (χ0n) is 12.0. The molecular formula is C16H17FN2O2S. The maximum atomic E-state index is 12.9. The van der Waals surface area contributed by atoms with Gasteiger partial charge >= 0.3 is 0 Å². The van der Waals surface area contributed by atoms with Gasteiger partial charge in [-0.15, -0.1) is 11.3 Å². The summed E-state index contributed by atoms with van der Waals surface area (Å²) in [4.78, 5) is 18.0. The van der Waals surface area contributed by atoms with Crippen molar-refractivity contribution < 1.29 is 14.3 Å². The Morgan fingerprint density at radius 3 is 2.59 bits per heavy atom. The van der Waals surface area contributed by atoms with Crippen LogP contribution in [0.25, 0.3) is 0 Å². The molecule has 4 nitrogen and oxygen atoms in total. The third kappa shape index (κ3) is 3.18. The quantitative estimate of drug-likeness (QED) is 0.946. The van der Waals surface area contributed by atoms with Crippen molar-refractivity contribution in [2.24, 2.45) is 5.92 Å². The molecule has 6 heteroatoms. The van der Waals surface area contributed by atoms with Crippen LogP contribution in [0.2, 0.25) is 0 Å². The molecule has 2 heterocycles. The lowest BCUT2D eigenvalue weighted by molar-refractivity contribution is 0.0459. The lowest BCUT2D eigenvalue weighted by atomic mass is 9.87. The molecule has 116 valence electrons. The molecule has 0 aliphatic carbocycles. The fraction of sp³-hybridized carbons (Fsp3) is 0.375. The van der Waals surface area contributed by atoms with E-state index in [0.717, 1.165) is 18.4 Å². The number of nitrogens with zero attached hydrogens (tertiary/aromatic N) is 2. The number of amides is 1. The van der Waals surface area contributed by atoms with E-state index < -0.39 is 6.10 Å². The van der Waals surface area contributed by atoms with Gasteiger partial charge in [-0.05, 0) is 36.5 Å². The minimum Gasteiger partial charge on any atom is -0.388 e. The van der Waals surface area contributed by atoms with E-state index in [0.29, 0.717) is 18.8 Å². The highest BCUT2D eigenvalue weighted by Gasteiger charge is 2.29. The van der Waals surface area contributed by atoms with E-state index in [9.17, 15) is 14.3 Å². The molecular weight excluding hydrogens is 303 g/mol. The van der Waals surface area contributed by atoms with Gasteiger partial charge in [0.05, 0.1) is 11.6 Å². The highest BCUT2D eigenvalue weighted by atomic mass is 32.1. The maximum absolute atomic E-state index is 12.9. The number of hydrogen-bond donors (Lipinski definition) is 1. The Morgan fingerprint density at radius 2 is 2.00 bits per heavy atom. The number of piperidine rings is 1. The lowest BCUT2D eigenvalue weighted by Crippen LogP contribution is -2.39. The number of rotatable bonds is 3. The van der Waals surface area contributed by atoms with Gasteiger partial charge in [-0.25, -0.2) is 9.37 Å². The van der Waals surface area contributed by atoms with E-state index in [-0.39, 0.29) is 17.6 Å².